The van der Waals surface area contributed by atoms with Gasteiger partial charge in [-0.25, -0.2) is 0 Å². The van der Waals surface area contributed by atoms with Gasteiger partial charge in [0.05, 0.1) is 16.4 Å². The van der Waals surface area contributed by atoms with E-state index in [1.807, 2.05) is 0 Å². The second kappa shape index (κ2) is 6.95. The SMILES string of the molecule is CCc1nn(CC)c(CC(CC)(CC)CBr)c1Cl. The number of hydrogen-bond donors (Lipinski definition) is 0. The molecule has 0 radical (unpaired) electrons. The van der Waals surface area contributed by atoms with Crippen LogP contribution in [-0.2, 0) is 19.4 Å². The fourth-order valence-electron chi connectivity index (χ4n) is 2.28. The number of halogens is 2. The maximum Gasteiger partial charge on any atom is 0.0850 e. The molecule has 0 aliphatic heterocycles. The number of hydrogen-bond acceptors (Lipinski definition) is 1. The van der Waals surface area contributed by atoms with Crippen LogP contribution in [-0.4, -0.2) is 15.1 Å². The van der Waals surface area contributed by atoms with Gasteiger partial charge in [-0.05, 0) is 38.0 Å². The van der Waals surface area contributed by atoms with Crippen LogP contribution < -0.4 is 0 Å². The first kappa shape index (κ1) is 16.0. The van der Waals surface area contributed by atoms with Gasteiger partial charge in [0.25, 0.3) is 0 Å². The molecular formula is C14H24BrClN2. The van der Waals surface area contributed by atoms with Crippen LogP contribution in [0.2, 0.25) is 5.02 Å². The summed E-state index contributed by atoms with van der Waals surface area (Å²) in [6.07, 6.45) is 4.21. The Balaban J connectivity index is 3.12. The van der Waals surface area contributed by atoms with Crippen molar-refractivity contribution in [1.82, 2.24) is 9.78 Å². The molecule has 1 rings (SSSR count). The number of alkyl halides is 1. The van der Waals surface area contributed by atoms with Crippen LogP contribution >= 0.6 is 27.5 Å². The third kappa shape index (κ3) is 3.11. The van der Waals surface area contributed by atoms with Gasteiger partial charge in [0.2, 0.25) is 0 Å². The number of aryl methyl sites for hydroxylation is 2. The summed E-state index contributed by atoms with van der Waals surface area (Å²) in [5, 5.41) is 6.50. The van der Waals surface area contributed by atoms with Crippen LogP contribution in [0.4, 0.5) is 0 Å². The highest BCUT2D eigenvalue weighted by atomic mass is 79.9. The Morgan fingerprint density at radius 2 is 1.83 bits per heavy atom. The average molecular weight is 336 g/mol. The third-order valence-corrected chi connectivity index (χ3v) is 5.65. The lowest BCUT2D eigenvalue weighted by atomic mass is 9.80. The van der Waals surface area contributed by atoms with E-state index < -0.39 is 0 Å². The normalized spacial score (nSPS) is 12.1. The van der Waals surface area contributed by atoms with Crippen LogP contribution in [0.5, 0.6) is 0 Å². The zero-order valence-electron chi connectivity index (χ0n) is 11.9. The molecule has 0 aliphatic rings. The molecule has 0 amide bonds. The number of rotatable bonds is 7. The molecule has 1 aromatic rings. The second-order valence-corrected chi connectivity index (χ2v) is 5.83. The van der Waals surface area contributed by atoms with Gasteiger partial charge in [0.1, 0.15) is 0 Å². The van der Waals surface area contributed by atoms with E-state index in [1.54, 1.807) is 0 Å². The second-order valence-electron chi connectivity index (χ2n) is 4.89. The standard InChI is InChI=1S/C14H24BrClN2/c1-5-11-13(16)12(18(8-4)17-11)9-14(6-2,7-3)10-15/h5-10H2,1-4H3. The minimum absolute atomic E-state index is 0.293. The smallest absolute Gasteiger partial charge is 0.0850 e. The molecule has 18 heavy (non-hydrogen) atoms. The van der Waals surface area contributed by atoms with Crippen molar-refractivity contribution in [3.63, 3.8) is 0 Å². The Morgan fingerprint density at radius 1 is 1.22 bits per heavy atom. The number of aromatic nitrogens is 2. The molecular weight excluding hydrogens is 312 g/mol. The fourth-order valence-corrected chi connectivity index (χ4v) is 3.60. The van der Waals surface area contributed by atoms with Gasteiger partial charge in [0.15, 0.2) is 0 Å². The van der Waals surface area contributed by atoms with Crippen molar-refractivity contribution in [2.24, 2.45) is 5.41 Å². The van der Waals surface area contributed by atoms with E-state index in [-0.39, 0.29) is 0 Å². The molecule has 1 heterocycles. The van der Waals surface area contributed by atoms with E-state index in [0.717, 1.165) is 48.3 Å². The Bertz CT molecular complexity index is 375. The lowest BCUT2D eigenvalue weighted by Crippen LogP contribution is -2.25. The molecule has 0 N–H and O–H groups in total. The maximum absolute atomic E-state index is 6.49. The molecule has 0 saturated carbocycles. The van der Waals surface area contributed by atoms with Gasteiger partial charge < -0.3 is 0 Å². The summed E-state index contributed by atoms with van der Waals surface area (Å²) in [5.41, 5.74) is 2.53. The summed E-state index contributed by atoms with van der Waals surface area (Å²) >= 11 is 10.2. The summed E-state index contributed by atoms with van der Waals surface area (Å²) in [4.78, 5) is 0. The molecule has 0 saturated heterocycles. The van der Waals surface area contributed by atoms with Crippen molar-refractivity contribution >= 4 is 27.5 Å². The molecule has 0 spiro atoms. The molecule has 0 atom stereocenters. The van der Waals surface area contributed by atoms with Crippen LogP contribution in [0.25, 0.3) is 0 Å². The molecule has 2 nitrogen and oxygen atoms in total. The molecule has 0 bridgehead atoms. The van der Waals surface area contributed by atoms with Gasteiger partial charge in [-0.3, -0.25) is 4.68 Å². The van der Waals surface area contributed by atoms with Crippen LogP contribution in [0.1, 0.15) is 51.9 Å². The molecule has 0 aromatic carbocycles. The van der Waals surface area contributed by atoms with Crippen molar-refractivity contribution in [2.45, 2.75) is 59.9 Å². The Morgan fingerprint density at radius 3 is 2.22 bits per heavy atom. The van der Waals surface area contributed by atoms with Crippen molar-refractivity contribution < 1.29 is 0 Å². The zero-order valence-corrected chi connectivity index (χ0v) is 14.2. The van der Waals surface area contributed by atoms with E-state index in [4.69, 9.17) is 11.6 Å². The Hall–Kier alpha value is -0.0200. The molecule has 1 aromatic heterocycles. The maximum atomic E-state index is 6.49. The van der Waals surface area contributed by atoms with Gasteiger partial charge in [-0.2, -0.15) is 5.10 Å². The largest absolute Gasteiger partial charge is 0.268 e. The fraction of sp³-hybridized carbons (Fsp3) is 0.786. The monoisotopic (exact) mass is 334 g/mol. The molecule has 0 fully saturated rings. The van der Waals surface area contributed by atoms with Crippen molar-refractivity contribution in [2.75, 3.05) is 5.33 Å². The first-order chi connectivity index (χ1) is 8.57. The van der Waals surface area contributed by atoms with Crippen molar-refractivity contribution in [3.8, 4) is 0 Å². The van der Waals surface area contributed by atoms with E-state index in [2.05, 4.69) is 53.4 Å². The molecule has 0 aliphatic carbocycles. The highest BCUT2D eigenvalue weighted by Crippen LogP contribution is 2.36. The predicted octanol–water partition coefficient (Wildman–Crippen LogP) is 4.86. The van der Waals surface area contributed by atoms with Crippen LogP contribution in [0.15, 0.2) is 0 Å². The molecule has 0 unspecified atom stereocenters. The summed E-state index contributed by atoms with van der Waals surface area (Å²) in [7, 11) is 0. The van der Waals surface area contributed by atoms with Gasteiger partial charge in [-0.15, -0.1) is 0 Å². The van der Waals surface area contributed by atoms with Gasteiger partial charge in [0, 0.05) is 11.9 Å². The number of nitrogens with zero attached hydrogens (tertiary/aromatic N) is 2. The quantitative estimate of drug-likeness (QED) is 0.650. The highest BCUT2D eigenvalue weighted by molar-refractivity contribution is 9.09. The van der Waals surface area contributed by atoms with E-state index in [1.165, 1.54) is 5.69 Å². The Labute approximate surface area is 124 Å². The Kier molecular flexibility index (Phi) is 6.19. The topological polar surface area (TPSA) is 17.8 Å². The minimum Gasteiger partial charge on any atom is -0.268 e. The lowest BCUT2D eigenvalue weighted by molar-refractivity contribution is 0.298. The van der Waals surface area contributed by atoms with E-state index in [9.17, 15) is 0 Å². The molecule has 4 heteroatoms. The predicted molar refractivity (Wildman–Crippen MR) is 82.8 cm³/mol. The average Bonchev–Trinajstić information content (AvgIpc) is 2.72. The van der Waals surface area contributed by atoms with Gasteiger partial charge >= 0.3 is 0 Å². The summed E-state index contributed by atoms with van der Waals surface area (Å²) in [5.74, 6) is 0. The highest BCUT2D eigenvalue weighted by Gasteiger charge is 2.29. The zero-order chi connectivity index (χ0) is 13.8. The van der Waals surface area contributed by atoms with Crippen LogP contribution in [0.3, 0.4) is 0 Å². The van der Waals surface area contributed by atoms with Crippen LogP contribution in [0, 0.1) is 5.41 Å². The summed E-state index contributed by atoms with van der Waals surface area (Å²) in [6, 6.07) is 0. The first-order valence-electron chi connectivity index (χ1n) is 6.87. The van der Waals surface area contributed by atoms with Crippen molar-refractivity contribution in [3.05, 3.63) is 16.4 Å². The first-order valence-corrected chi connectivity index (χ1v) is 8.37. The lowest BCUT2D eigenvalue weighted by Gasteiger charge is -2.29. The molecule has 104 valence electrons. The third-order valence-electron chi connectivity index (χ3n) is 4.02. The van der Waals surface area contributed by atoms with E-state index >= 15 is 0 Å². The van der Waals surface area contributed by atoms with Crippen molar-refractivity contribution in [1.29, 1.82) is 0 Å². The van der Waals surface area contributed by atoms with E-state index in [0.29, 0.717) is 5.41 Å². The summed E-state index contributed by atoms with van der Waals surface area (Å²) in [6.45, 7) is 9.63. The summed E-state index contributed by atoms with van der Waals surface area (Å²) < 4.78 is 2.07. The van der Waals surface area contributed by atoms with Gasteiger partial charge in [-0.1, -0.05) is 48.3 Å². The minimum atomic E-state index is 0.293.